The summed E-state index contributed by atoms with van der Waals surface area (Å²) in [5.74, 6) is -10.8. The van der Waals surface area contributed by atoms with Crippen molar-refractivity contribution < 1.29 is 51.1 Å². The molecule has 0 spiro atoms. The van der Waals surface area contributed by atoms with Gasteiger partial charge in [0.25, 0.3) is 0 Å². The molecule has 6 atom stereocenters. The number of hydrogen-bond donors (Lipinski definition) is 2. The Morgan fingerprint density at radius 3 is 2.00 bits per heavy atom. The maximum atomic E-state index is 13.9. The lowest BCUT2D eigenvalue weighted by molar-refractivity contribution is -0.358. The lowest BCUT2D eigenvalue weighted by atomic mass is 9.98. The molecule has 2 fully saturated rings. The maximum Gasteiger partial charge on any atom is 0.200 e. The molecule has 1 aromatic rings. The Kier molecular flexibility index (Phi) is 4.97. The fraction of sp³-hybridized carbons (Fsp3) is 0.571. The number of methoxy groups -OCH3 is 1. The molecule has 3 rings (SSSR count). The molecule has 140 valence electrons. The molecule has 2 N–H and O–H groups in total. The molecular formula is C14H13F5O6. The first-order valence-electron chi connectivity index (χ1n) is 7.10. The van der Waals surface area contributed by atoms with Gasteiger partial charge >= 0.3 is 0 Å². The molecule has 0 bridgehead atoms. The van der Waals surface area contributed by atoms with Gasteiger partial charge in [-0.25, -0.2) is 22.0 Å². The van der Waals surface area contributed by atoms with Crippen LogP contribution in [0.1, 0.15) is 11.9 Å². The van der Waals surface area contributed by atoms with E-state index in [0.717, 1.165) is 0 Å². The van der Waals surface area contributed by atoms with Crippen LogP contribution in [0, 0.1) is 29.1 Å². The van der Waals surface area contributed by atoms with E-state index in [9.17, 15) is 32.2 Å². The summed E-state index contributed by atoms with van der Waals surface area (Å²) in [6.07, 6.45) is -8.67. The van der Waals surface area contributed by atoms with E-state index in [-0.39, 0.29) is 0 Å². The molecule has 2 aliphatic heterocycles. The Balaban J connectivity index is 1.91. The van der Waals surface area contributed by atoms with E-state index in [4.69, 9.17) is 18.9 Å². The van der Waals surface area contributed by atoms with Crippen LogP contribution >= 0.6 is 0 Å². The molecule has 0 amide bonds. The minimum atomic E-state index is -2.31. The fourth-order valence-electron chi connectivity index (χ4n) is 2.75. The molecule has 2 heterocycles. The molecule has 0 saturated carbocycles. The molecule has 0 radical (unpaired) electrons. The Bertz CT molecular complexity index is 643. The summed E-state index contributed by atoms with van der Waals surface area (Å²) < 4.78 is 87.6. The van der Waals surface area contributed by atoms with Gasteiger partial charge < -0.3 is 29.2 Å². The van der Waals surface area contributed by atoms with Crippen LogP contribution in [0.2, 0.25) is 0 Å². The van der Waals surface area contributed by atoms with Gasteiger partial charge in [0.2, 0.25) is 5.82 Å². The van der Waals surface area contributed by atoms with Crippen molar-refractivity contribution in [2.45, 2.75) is 37.0 Å². The molecule has 1 aromatic carbocycles. The van der Waals surface area contributed by atoms with Crippen molar-refractivity contribution >= 4 is 0 Å². The Hall–Kier alpha value is -1.37. The van der Waals surface area contributed by atoms with Gasteiger partial charge in [-0.2, -0.15) is 0 Å². The first kappa shape index (κ1) is 18.4. The van der Waals surface area contributed by atoms with Crippen LogP contribution in [-0.2, 0) is 18.9 Å². The van der Waals surface area contributed by atoms with E-state index >= 15 is 0 Å². The Morgan fingerprint density at radius 2 is 1.44 bits per heavy atom. The van der Waals surface area contributed by atoms with Gasteiger partial charge in [0.05, 0.1) is 12.2 Å². The zero-order valence-corrected chi connectivity index (χ0v) is 12.6. The van der Waals surface area contributed by atoms with Crippen LogP contribution in [0.15, 0.2) is 0 Å². The quantitative estimate of drug-likeness (QED) is 0.456. The zero-order chi connectivity index (χ0) is 18.5. The summed E-state index contributed by atoms with van der Waals surface area (Å²) in [6, 6.07) is 0. The number of hydrogen-bond acceptors (Lipinski definition) is 6. The predicted molar refractivity (Wildman–Crippen MR) is 67.5 cm³/mol. The second-order valence-electron chi connectivity index (χ2n) is 5.51. The van der Waals surface area contributed by atoms with Gasteiger partial charge in [0, 0.05) is 7.11 Å². The third-order valence-corrected chi connectivity index (χ3v) is 4.05. The van der Waals surface area contributed by atoms with Crippen molar-refractivity contribution in [2.24, 2.45) is 0 Å². The summed E-state index contributed by atoms with van der Waals surface area (Å²) in [5, 5.41) is 19.9. The number of aliphatic hydroxyl groups excluding tert-OH is 2. The predicted octanol–water partition coefficient (Wildman–Crippen LogP) is 0.889. The van der Waals surface area contributed by atoms with Gasteiger partial charge in [-0.05, 0) is 0 Å². The molecular weight excluding hydrogens is 359 g/mol. The zero-order valence-electron chi connectivity index (χ0n) is 12.6. The van der Waals surface area contributed by atoms with Crippen molar-refractivity contribution in [1.82, 2.24) is 0 Å². The fourth-order valence-corrected chi connectivity index (χ4v) is 2.75. The molecule has 0 aromatic heterocycles. The van der Waals surface area contributed by atoms with Gasteiger partial charge in [-0.15, -0.1) is 0 Å². The highest BCUT2D eigenvalue weighted by atomic mass is 19.2. The highest BCUT2D eigenvalue weighted by Gasteiger charge is 2.50. The monoisotopic (exact) mass is 372 g/mol. The second kappa shape index (κ2) is 6.74. The van der Waals surface area contributed by atoms with Crippen LogP contribution in [0.3, 0.4) is 0 Å². The normalized spacial score (nSPS) is 35.5. The summed E-state index contributed by atoms with van der Waals surface area (Å²) in [5.41, 5.74) is -1.33. The standard InChI is InChI=1S/C14H13F5O6/c1-22-14-11(21)10(20)12-3(24-14)2-23-13(25-12)4-5(15)7(17)9(19)8(18)6(4)16/h3,10-14,20-21H,2H2,1H3/t3-,10-,11-,12-,13?,14+/m1/s1. The van der Waals surface area contributed by atoms with Crippen molar-refractivity contribution in [3.8, 4) is 0 Å². The molecule has 1 unspecified atom stereocenters. The number of aliphatic hydroxyl groups is 2. The largest absolute Gasteiger partial charge is 0.387 e. The first-order chi connectivity index (χ1) is 11.8. The SMILES string of the molecule is CO[C@H]1O[C@@H]2COC(c3c(F)c(F)c(F)c(F)c3F)O[C@H]2[C@H](O)[C@H]1O. The van der Waals surface area contributed by atoms with E-state index in [1.54, 1.807) is 0 Å². The second-order valence-corrected chi connectivity index (χ2v) is 5.51. The Labute approximate surface area is 137 Å². The minimum Gasteiger partial charge on any atom is -0.387 e. The number of benzene rings is 1. The van der Waals surface area contributed by atoms with Crippen molar-refractivity contribution in [3.05, 3.63) is 34.6 Å². The highest BCUT2D eigenvalue weighted by molar-refractivity contribution is 5.25. The lowest BCUT2D eigenvalue weighted by Crippen LogP contribution is -2.62. The van der Waals surface area contributed by atoms with E-state index in [2.05, 4.69) is 0 Å². The van der Waals surface area contributed by atoms with Gasteiger partial charge in [0.15, 0.2) is 35.8 Å². The topological polar surface area (TPSA) is 77.4 Å². The van der Waals surface area contributed by atoms with Crippen molar-refractivity contribution in [3.63, 3.8) is 0 Å². The van der Waals surface area contributed by atoms with Crippen LogP contribution < -0.4 is 0 Å². The molecule has 2 aliphatic rings. The molecule has 25 heavy (non-hydrogen) atoms. The van der Waals surface area contributed by atoms with Crippen molar-refractivity contribution in [2.75, 3.05) is 13.7 Å². The number of fused-ring (bicyclic) bond motifs is 1. The van der Waals surface area contributed by atoms with Gasteiger partial charge in [-0.1, -0.05) is 0 Å². The van der Waals surface area contributed by atoms with E-state index in [1.165, 1.54) is 7.11 Å². The third kappa shape index (κ3) is 2.90. The smallest absolute Gasteiger partial charge is 0.200 e. The molecule has 2 saturated heterocycles. The van der Waals surface area contributed by atoms with E-state index in [0.29, 0.717) is 0 Å². The first-order valence-corrected chi connectivity index (χ1v) is 7.10. The van der Waals surface area contributed by atoms with Crippen LogP contribution in [0.4, 0.5) is 22.0 Å². The van der Waals surface area contributed by atoms with Crippen LogP contribution in [0.5, 0.6) is 0 Å². The number of rotatable bonds is 2. The summed E-state index contributed by atoms with van der Waals surface area (Å²) in [4.78, 5) is 0. The highest BCUT2D eigenvalue weighted by Crippen LogP contribution is 2.37. The maximum absolute atomic E-state index is 13.9. The summed E-state index contributed by atoms with van der Waals surface area (Å²) in [6.45, 7) is -0.404. The Morgan fingerprint density at radius 1 is 0.880 bits per heavy atom. The number of halogens is 5. The third-order valence-electron chi connectivity index (χ3n) is 4.05. The summed E-state index contributed by atoms with van der Waals surface area (Å²) >= 11 is 0. The number of ether oxygens (including phenoxy) is 4. The van der Waals surface area contributed by atoms with Crippen molar-refractivity contribution in [1.29, 1.82) is 0 Å². The van der Waals surface area contributed by atoms with Gasteiger partial charge in [-0.3, -0.25) is 0 Å². The average Bonchev–Trinajstić information content (AvgIpc) is 2.61. The lowest BCUT2D eigenvalue weighted by Gasteiger charge is -2.45. The minimum absolute atomic E-state index is 0.404. The van der Waals surface area contributed by atoms with E-state index in [1.807, 2.05) is 0 Å². The average molecular weight is 372 g/mol. The van der Waals surface area contributed by atoms with Gasteiger partial charge in [0.1, 0.15) is 24.4 Å². The molecule has 0 aliphatic carbocycles. The summed E-state index contributed by atoms with van der Waals surface area (Å²) in [7, 11) is 1.21. The molecule has 11 heteroatoms. The van der Waals surface area contributed by atoms with Crippen LogP contribution in [0.25, 0.3) is 0 Å². The van der Waals surface area contributed by atoms with E-state index < -0.39 is 78.3 Å². The molecule has 6 nitrogen and oxygen atoms in total. The van der Waals surface area contributed by atoms with Crippen LogP contribution in [-0.4, -0.2) is 54.6 Å².